The highest BCUT2D eigenvalue weighted by Gasteiger charge is 2.20. The van der Waals surface area contributed by atoms with E-state index >= 15 is 0 Å². The molecule has 0 radical (unpaired) electrons. The molecule has 1 amide bonds. The van der Waals surface area contributed by atoms with E-state index in [2.05, 4.69) is 0 Å². The lowest BCUT2D eigenvalue weighted by molar-refractivity contribution is -0.385. The molecule has 1 rings (SSSR count). The topological polar surface area (TPSA) is 102 Å². The molecule has 3 N–H and O–H groups in total. The van der Waals surface area contributed by atoms with Gasteiger partial charge in [-0.1, -0.05) is 0 Å². The van der Waals surface area contributed by atoms with E-state index in [1.165, 1.54) is 12.1 Å². The van der Waals surface area contributed by atoms with Crippen LogP contribution in [-0.4, -0.2) is 24.9 Å². The second-order valence-corrected chi connectivity index (χ2v) is 3.33. The Kier molecular flexibility index (Phi) is 3.41. The number of hydrazine groups is 1. The molecule has 0 aromatic heterocycles. The zero-order valence-corrected chi connectivity index (χ0v) is 8.93. The normalized spacial score (nSPS) is 9.69. The minimum absolute atomic E-state index is 0.0573. The Morgan fingerprint density at radius 1 is 1.50 bits per heavy atom. The van der Waals surface area contributed by atoms with E-state index in [1.54, 1.807) is 25.1 Å². The summed E-state index contributed by atoms with van der Waals surface area (Å²) >= 11 is 0. The molecule has 86 valence electrons. The molecule has 16 heavy (non-hydrogen) atoms. The number of carbonyl (C=O) groups excluding carboxylic acids is 1. The highest BCUT2D eigenvalue weighted by atomic mass is 16.6. The van der Waals surface area contributed by atoms with Crippen molar-refractivity contribution in [2.75, 3.05) is 19.0 Å². The van der Waals surface area contributed by atoms with Gasteiger partial charge in [-0.25, -0.2) is 5.84 Å². The molecule has 1 aromatic carbocycles. The van der Waals surface area contributed by atoms with Gasteiger partial charge in [0, 0.05) is 25.8 Å². The van der Waals surface area contributed by atoms with Crippen LogP contribution in [0.5, 0.6) is 0 Å². The van der Waals surface area contributed by atoms with Crippen LogP contribution in [0.3, 0.4) is 0 Å². The summed E-state index contributed by atoms with van der Waals surface area (Å²) in [7, 11) is 3.50. The van der Waals surface area contributed by atoms with Crippen molar-refractivity contribution in [1.82, 2.24) is 5.43 Å². The Morgan fingerprint density at radius 2 is 2.12 bits per heavy atom. The van der Waals surface area contributed by atoms with Gasteiger partial charge in [0.05, 0.1) is 4.92 Å². The molecular weight excluding hydrogens is 212 g/mol. The third-order valence-electron chi connectivity index (χ3n) is 2.07. The molecule has 0 aliphatic heterocycles. The zero-order valence-electron chi connectivity index (χ0n) is 8.93. The summed E-state index contributed by atoms with van der Waals surface area (Å²) in [6, 6.07) is 4.30. The summed E-state index contributed by atoms with van der Waals surface area (Å²) in [5, 5.41) is 10.8. The number of nitrogens with zero attached hydrogens (tertiary/aromatic N) is 2. The van der Waals surface area contributed by atoms with Crippen LogP contribution in [0.15, 0.2) is 18.2 Å². The monoisotopic (exact) mass is 224 g/mol. The standard InChI is InChI=1S/C9H12N4O3/c1-12(2)6-3-4-7(9(14)11-10)8(5-6)13(15)16/h3-5H,10H2,1-2H3,(H,11,14). The number of nitrogen functional groups attached to an aromatic ring is 1. The lowest BCUT2D eigenvalue weighted by Crippen LogP contribution is -2.30. The van der Waals surface area contributed by atoms with Crippen LogP contribution in [0, 0.1) is 10.1 Å². The smallest absolute Gasteiger partial charge is 0.284 e. The first kappa shape index (κ1) is 11.9. The van der Waals surface area contributed by atoms with Gasteiger partial charge in [-0.15, -0.1) is 0 Å². The molecule has 0 atom stereocenters. The fraction of sp³-hybridized carbons (Fsp3) is 0.222. The van der Waals surface area contributed by atoms with Crippen molar-refractivity contribution in [2.45, 2.75) is 0 Å². The predicted molar refractivity (Wildman–Crippen MR) is 59.1 cm³/mol. The van der Waals surface area contributed by atoms with Crippen LogP contribution in [-0.2, 0) is 0 Å². The summed E-state index contributed by atoms with van der Waals surface area (Å²) < 4.78 is 0. The quantitative estimate of drug-likeness (QED) is 0.332. The van der Waals surface area contributed by atoms with Gasteiger partial charge in [-0.2, -0.15) is 0 Å². The van der Waals surface area contributed by atoms with E-state index in [0.29, 0.717) is 5.69 Å². The first-order valence-electron chi connectivity index (χ1n) is 4.44. The molecule has 0 unspecified atom stereocenters. The molecule has 0 fully saturated rings. The van der Waals surface area contributed by atoms with Gasteiger partial charge in [0.15, 0.2) is 0 Å². The Bertz CT molecular complexity index is 431. The van der Waals surface area contributed by atoms with Crippen LogP contribution in [0.25, 0.3) is 0 Å². The molecule has 7 heteroatoms. The Morgan fingerprint density at radius 3 is 2.56 bits per heavy atom. The van der Waals surface area contributed by atoms with Crippen molar-refractivity contribution in [1.29, 1.82) is 0 Å². The van der Waals surface area contributed by atoms with Gasteiger partial charge < -0.3 is 4.90 Å². The van der Waals surface area contributed by atoms with Crippen molar-refractivity contribution in [3.8, 4) is 0 Å². The molecule has 0 heterocycles. The minimum atomic E-state index is -0.683. The van der Waals surface area contributed by atoms with Crippen LogP contribution >= 0.6 is 0 Å². The fourth-order valence-corrected chi connectivity index (χ4v) is 1.22. The van der Waals surface area contributed by atoms with Crippen molar-refractivity contribution in [3.63, 3.8) is 0 Å². The molecule has 0 bridgehead atoms. The fourth-order valence-electron chi connectivity index (χ4n) is 1.22. The largest absolute Gasteiger partial charge is 0.377 e. The molecule has 0 aliphatic carbocycles. The van der Waals surface area contributed by atoms with Gasteiger partial charge in [-0.3, -0.25) is 20.3 Å². The number of nitrogens with two attached hydrogens (primary N) is 1. The highest BCUT2D eigenvalue weighted by molar-refractivity contribution is 5.98. The van der Waals surface area contributed by atoms with E-state index in [4.69, 9.17) is 5.84 Å². The number of nitro groups is 1. The molecular formula is C9H12N4O3. The van der Waals surface area contributed by atoms with E-state index in [-0.39, 0.29) is 11.3 Å². The maximum Gasteiger partial charge on any atom is 0.284 e. The lowest BCUT2D eigenvalue weighted by Gasteiger charge is -2.12. The van der Waals surface area contributed by atoms with Crippen molar-refractivity contribution < 1.29 is 9.72 Å². The van der Waals surface area contributed by atoms with Crippen LogP contribution in [0.2, 0.25) is 0 Å². The number of amides is 1. The first-order valence-corrected chi connectivity index (χ1v) is 4.44. The van der Waals surface area contributed by atoms with Gasteiger partial charge in [0.25, 0.3) is 11.6 Å². The van der Waals surface area contributed by atoms with Crippen molar-refractivity contribution >= 4 is 17.3 Å². The summed E-state index contributed by atoms with van der Waals surface area (Å²) in [5.41, 5.74) is 2.18. The summed E-state index contributed by atoms with van der Waals surface area (Å²) in [6.45, 7) is 0. The number of rotatable bonds is 3. The third kappa shape index (κ3) is 2.26. The van der Waals surface area contributed by atoms with Crippen LogP contribution < -0.4 is 16.2 Å². The average Bonchev–Trinajstić information content (AvgIpc) is 2.26. The van der Waals surface area contributed by atoms with Gasteiger partial charge in [0.1, 0.15) is 5.56 Å². The van der Waals surface area contributed by atoms with Gasteiger partial charge >= 0.3 is 0 Å². The molecule has 1 aromatic rings. The predicted octanol–water partition coefficient (Wildman–Crippen LogP) is 0.264. The second-order valence-electron chi connectivity index (χ2n) is 3.33. The molecule has 0 saturated carbocycles. The molecule has 0 aliphatic rings. The maximum absolute atomic E-state index is 11.3. The Hall–Kier alpha value is -2.15. The number of benzene rings is 1. The highest BCUT2D eigenvalue weighted by Crippen LogP contribution is 2.24. The molecule has 0 spiro atoms. The summed E-state index contributed by atoms with van der Waals surface area (Å²) in [4.78, 5) is 23.1. The van der Waals surface area contributed by atoms with Gasteiger partial charge in [0.2, 0.25) is 0 Å². The zero-order chi connectivity index (χ0) is 12.3. The summed E-state index contributed by atoms with van der Waals surface area (Å²) in [6.07, 6.45) is 0. The van der Waals surface area contributed by atoms with Crippen LogP contribution in [0.1, 0.15) is 10.4 Å². The number of nitro benzene ring substituents is 1. The Balaban J connectivity index is 3.30. The second kappa shape index (κ2) is 4.58. The maximum atomic E-state index is 11.3. The first-order chi connectivity index (χ1) is 7.47. The van der Waals surface area contributed by atoms with E-state index in [9.17, 15) is 14.9 Å². The van der Waals surface area contributed by atoms with E-state index in [0.717, 1.165) is 0 Å². The third-order valence-corrected chi connectivity index (χ3v) is 2.07. The van der Waals surface area contributed by atoms with Gasteiger partial charge in [-0.05, 0) is 12.1 Å². The van der Waals surface area contributed by atoms with E-state index < -0.39 is 10.8 Å². The van der Waals surface area contributed by atoms with Crippen LogP contribution in [0.4, 0.5) is 11.4 Å². The van der Waals surface area contributed by atoms with Crippen molar-refractivity contribution in [3.05, 3.63) is 33.9 Å². The van der Waals surface area contributed by atoms with E-state index in [1.807, 2.05) is 5.43 Å². The number of nitrogens with one attached hydrogen (secondary N) is 1. The number of hydrogen-bond donors (Lipinski definition) is 2. The lowest BCUT2D eigenvalue weighted by atomic mass is 10.1. The number of carbonyl (C=O) groups is 1. The summed E-state index contributed by atoms with van der Waals surface area (Å²) in [5.74, 6) is 4.26. The molecule has 7 nitrogen and oxygen atoms in total. The SMILES string of the molecule is CN(C)c1ccc(C(=O)NN)c([N+](=O)[O-])c1. The number of anilines is 1. The van der Waals surface area contributed by atoms with Crippen molar-refractivity contribution in [2.24, 2.45) is 5.84 Å². The Labute approximate surface area is 92.0 Å². The molecule has 0 saturated heterocycles. The number of hydrogen-bond acceptors (Lipinski definition) is 5. The minimum Gasteiger partial charge on any atom is -0.377 e. The average molecular weight is 224 g/mol.